The lowest BCUT2D eigenvalue weighted by atomic mass is 10.2. The normalized spacial score (nSPS) is 10.3. The number of carbonyl (C=O) groups is 1. The van der Waals surface area contributed by atoms with Crippen LogP contribution in [0, 0.1) is 0 Å². The van der Waals surface area contributed by atoms with Gasteiger partial charge in [-0.1, -0.05) is 30.3 Å². The number of urea groups is 1. The molecule has 1 aromatic carbocycles. The highest BCUT2D eigenvalue weighted by Crippen LogP contribution is 2.07. The summed E-state index contributed by atoms with van der Waals surface area (Å²) in [6, 6.07) is 14.1. The van der Waals surface area contributed by atoms with Crippen molar-refractivity contribution in [2.24, 2.45) is 0 Å². The topological polar surface area (TPSA) is 36.4 Å². The minimum atomic E-state index is 0.0698. The number of carbonyl (C=O) groups excluding carboxylic acids is 1. The van der Waals surface area contributed by atoms with Crippen LogP contribution in [-0.2, 0) is 13.0 Å². The third-order valence-electron chi connectivity index (χ3n) is 3.68. The number of likely N-dealkylation sites (N-methyl/N-ethyl adjacent to an activating group) is 1. The van der Waals surface area contributed by atoms with Gasteiger partial charge in [0.05, 0.1) is 0 Å². The fraction of sp³-hybridized carbons (Fsp3) is 0.333. The second kappa shape index (κ2) is 8.17. The third-order valence-corrected chi connectivity index (χ3v) is 3.68. The molecule has 0 aliphatic heterocycles. The van der Waals surface area contributed by atoms with E-state index in [9.17, 15) is 4.79 Å². The molecule has 0 bridgehead atoms. The highest BCUT2D eigenvalue weighted by molar-refractivity contribution is 5.74. The molecule has 2 rings (SSSR count). The van der Waals surface area contributed by atoms with E-state index < -0.39 is 0 Å². The predicted octanol–water partition coefficient (Wildman–Crippen LogP) is 3.20. The summed E-state index contributed by atoms with van der Waals surface area (Å²) >= 11 is 0. The van der Waals surface area contributed by atoms with Crippen LogP contribution in [0.2, 0.25) is 0 Å². The van der Waals surface area contributed by atoms with Crippen molar-refractivity contribution in [2.45, 2.75) is 19.9 Å². The third kappa shape index (κ3) is 4.58. The summed E-state index contributed by atoms with van der Waals surface area (Å²) in [6.45, 7) is 4.06. The number of amides is 2. The molecule has 4 nitrogen and oxygen atoms in total. The van der Waals surface area contributed by atoms with Crippen LogP contribution in [0.3, 0.4) is 0 Å². The molecule has 0 atom stereocenters. The SMILES string of the molecule is CCN(Cc1ccccc1)C(=O)N(C)CCc1ccncc1. The molecule has 0 N–H and O–H groups in total. The zero-order valence-electron chi connectivity index (χ0n) is 13.3. The van der Waals surface area contributed by atoms with Gasteiger partial charge in [0.2, 0.25) is 0 Å². The number of benzene rings is 1. The number of aromatic nitrogens is 1. The summed E-state index contributed by atoms with van der Waals surface area (Å²) in [5.41, 5.74) is 2.35. The van der Waals surface area contributed by atoms with Crippen LogP contribution in [0.5, 0.6) is 0 Å². The van der Waals surface area contributed by atoms with Crippen LogP contribution in [0.1, 0.15) is 18.1 Å². The average Bonchev–Trinajstić information content (AvgIpc) is 2.58. The van der Waals surface area contributed by atoms with Gasteiger partial charge in [-0.3, -0.25) is 4.98 Å². The smallest absolute Gasteiger partial charge is 0.320 e. The Balaban J connectivity index is 1.90. The Hall–Kier alpha value is -2.36. The predicted molar refractivity (Wildman–Crippen MR) is 88.5 cm³/mol. The molecule has 0 saturated heterocycles. The molecule has 22 heavy (non-hydrogen) atoms. The van der Waals surface area contributed by atoms with E-state index in [1.165, 1.54) is 5.56 Å². The molecule has 0 saturated carbocycles. The second-order valence-corrected chi connectivity index (χ2v) is 5.31. The molecule has 2 amide bonds. The van der Waals surface area contributed by atoms with Crippen molar-refractivity contribution in [3.05, 3.63) is 66.0 Å². The standard InChI is InChI=1S/C18H23N3O/c1-3-21(15-17-7-5-4-6-8-17)18(22)20(2)14-11-16-9-12-19-13-10-16/h4-10,12-13H,3,11,14-15H2,1-2H3. The number of hydrogen-bond acceptors (Lipinski definition) is 2. The van der Waals surface area contributed by atoms with Crippen molar-refractivity contribution < 1.29 is 4.79 Å². The molecule has 0 fully saturated rings. The quantitative estimate of drug-likeness (QED) is 0.821. The minimum absolute atomic E-state index is 0.0698. The summed E-state index contributed by atoms with van der Waals surface area (Å²) in [7, 11) is 1.86. The van der Waals surface area contributed by atoms with Crippen molar-refractivity contribution in [3.63, 3.8) is 0 Å². The monoisotopic (exact) mass is 297 g/mol. The van der Waals surface area contributed by atoms with Gasteiger partial charge in [0, 0.05) is 39.1 Å². The fourth-order valence-corrected chi connectivity index (χ4v) is 2.30. The molecule has 116 valence electrons. The maximum atomic E-state index is 12.5. The summed E-state index contributed by atoms with van der Waals surface area (Å²) in [4.78, 5) is 20.2. The van der Waals surface area contributed by atoms with E-state index in [-0.39, 0.29) is 6.03 Å². The van der Waals surface area contributed by atoms with Gasteiger partial charge in [0.25, 0.3) is 0 Å². The van der Waals surface area contributed by atoms with E-state index in [1.54, 1.807) is 17.3 Å². The van der Waals surface area contributed by atoms with Gasteiger partial charge in [-0.25, -0.2) is 4.79 Å². The number of pyridine rings is 1. The Bertz CT molecular complexity index is 571. The summed E-state index contributed by atoms with van der Waals surface area (Å²) in [5, 5.41) is 0. The molecule has 0 aliphatic rings. The van der Waals surface area contributed by atoms with Gasteiger partial charge in [0.1, 0.15) is 0 Å². The molecule has 1 heterocycles. The summed E-state index contributed by atoms with van der Waals surface area (Å²) in [5.74, 6) is 0. The molecule has 1 aromatic heterocycles. The van der Waals surface area contributed by atoms with Crippen molar-refractivity contribution >= 4 is 6.03 Å². The zero-order valence-corrected chi connectivity index (χ0v) is 13.3. The van der Waals surface area contributed by atoms with E-state index in [0.29, 0.717) is 19.6 Å². The van der Waals surface area contributed by atoms with Gasteiger partial charge in [-0.05, 0) is 36.6 Å². The largest absolute Gasteiger partial charge is 0.327 e. The van der Waals surface area contributed by atoms with Crippen LogP contribution in [0.25, 0.3) is 0 Å². The molecular formula is C18H23N3O. The lowest BCUT2D eigenvalue weighted by Gasteiger charge is -2.27. The first-order chi connectivity index (χ1) is 10.7. The Morgan fingerprint density at radius 3 is 2.36 bits per heavy atom. The van der Waals surface area contributed by atoms with Crippen LogP contribution >= 0.6 is 0 Å². The first-order valence-corrected chi connectivity index (χ1v) is 7.63. The van der Waals surface area contributed by atoms with Gasteiger partial charge in [-0.2, -0.15) is 0 Å². The number of hydrogen-bond donors (Lipinski definition) is 0. The van der Waals surface area contributed by atoms with Crippen LogP contribution in [0.4, 0.5) is 4.79 Å². The lowest BCUT2D eigenvalue weighted by molar-refractivity contribution is 0.163. The second-order valence-electron chi connectivity index (χ2n) is 5.31. The van der Waals surface area contributed by atoms with Gasteiger partial charge in [0.15, 0.2) is 0 Å². The summed E-state index contributed by atoms with van der Waals surface area (Å²) < 4.78 is 0. The lowest BCUT2D eigenvalue weighted by Crippen LogP contribution is -2.41. The Labute approximate surface area is 132 Å². The molecule has 2 aromatic rings. The maximum Gasteiger partial charge on any atom is 0.320 e. The van der Waals surface area contributed by atoms with E-state index in [0.717, 1.165) is 12.0 Å². The van der Waals surface area contributed by atoms with Crippen LogP contribution < -0.4 is 0 Å². The van der Waals surface area contributed by atoms with Crippen molar-refractivity contribution in [3.8, 4) is 0 Å². The number of rotatable bonds is 6. The molecular weight excluding hydrogens is 274 g/mol. The highest BCUT2D eigenvalue weighted by atomic mass is 16.2. The van der Waals surface area contributed by atoms with Crippen molar-refractivity contribution in [2.75, 3.05) is 20.1 Å². The van der Waals surface area contributed by atoms with Gasteiger partial charge in [-0.15, -0.1) is 0 Å². The average molecular weight is 297 g/mol. The van der Waals surface area contributed by atoms with E-state index in [4.69, 9.17) is 0 Å². The van der Waals surface area contributed by atoms with Gasteiger partial charge < -0.3 is 9.80 Å². The van der Waals surface area contributed by atoms with Crippen molar-refractivity contribution in [1.82, 2.24) is 14.8 Å². The first kappa shape index (κ1) is 16.0. The molecule has 0 aliphatic carbocycles. The Morgan fingerprint density at radius 2 is 1.73 bits per heavy atom. The highest BCUT2D eigenvalue weighted by Gasteiger charge is 2.16. The van der Waals surface area contributed by atoms with E-state index in [2.05, 4.69) is 4.98 Å². The molecule has 0 radical (unpaired) electrons. The first-order valence-electron chi connectivity index (χ1n) is 7.63. The minimum Gasteiger partial charge on any atom is -0.327 e. The molecule has 0 spiro atoms. The van der Waals surface area contributed by atoms with Crippen LogP contribution in [-0.4, -0.2) is 41.0 Å². The van der Waals surface area contributed by atoms with Gasteiger partial charge >= 0.3 is 6.03 Å². The van der Waals surface area contributed by atoms with Crippen molar-refractivity contribution in [1.29, 1.82) is 0 Å². The Morgan fingerprint density at radius 1 is 1.05 bits per heavy atom. The van der Waals surface area contributed by atoms with E-state index in [1.807, 2.05) is 61.3 Å². The molecule has 4 heteroatoms. The number of nitrogens with zero attached hydrogens (tertiary/aromatic N) is 3. The maximum absolute atomic E-state index is 12.5. The zero-order chi connectivity index (χ0) is 15.8. The van der Waals surface area contributed by atoms with Crippen LogP contribution in [0.15, 0.2) is 54.9 Å². The van der Waals surface area contributed by atoms with E-state index >= 15 is 0 Å². The summed E-state index contributed by atoms with van der Waals surface area (Å²) in [6.07, 6.45) is 4.41. The fourth-order valence-electron chi connectivity index (χ4n) is 2.30. The Kier molecular flexibility index (Phi) is 5.95. The molecule has 0 unspecified atom stereocenters.